The number of carbonyl (C=O) groups excluding carboxylic acids is 1. The third kappa shape index (κ3) is 7.29. The fraction of sp³-hybridized carbons (Fsp3) is 0.269. The van der Waals surface area contributed by atoms with Crippen molar-refractivity contribution in [2.45, 2.75) is 44.8 Å². The van der Waals surface area contributed by atoms with Crippen molar-refractivity contribution in [3.63, 3.8) is 0 Å². The quantitative estimate of drug-likeness (QED) is 0.188. The molecule has 0 saturated heterocycles. The van der Waals surface area contributed by atoms with Gasteiger partial charge < -0.3 is 19.7 Å². The molecule has 9 nitrogen and oxygen atoms in total. The van der Waals surface area contributed by atoms with E-state index in [0.29, 0.717) is 18.6 Å². The van der Waals surface area contributed by atoms with E-state index in [-0.39, 0.29) is 27.9 Å². The van der Waals surface area contributed by atoms with Gasteiger partial charge in [0, 0.05) is 12.1 Å². The molecule has 0 unspecified atom stereocenters. The predicted molar refractivity (Wildman–Crippen MR) is 135 cm³/mol. The molecule has 3 aromatic rings. The van der Waals surface area contributed by atoms with Crippen molar-refractivity contribution in [1.29, 1.82) is 5.41 Å². The van der Waals surface area contributed by atoms with Crippen LogP contribution in [0.5, 0.6) is 5.75 Å². The minimum absolute atomic E-state index is 0.107. The van der Waals surface area contributed by atoms with Gasteiger partial charge >= 0.3 is 12.1 Å². The van der Waals surface area contributed by atoms with Gasteiger partial charge in [-0.15, -0.1) is 0 Å². The zero-order valence-corrected chi connectivity index (χ0v) is 20.7. The summed E-state index contributed by atoms with van der Waals surface area (Å²) in [6.45, 7) is 2.04. The topological polar surface area (TPSA) is 138 Å². The summed E-state index contributed by atoms with van der Waals surface area (Å²) in [7, 11) is -4.26. The number of anilines is 1. The number of nitrogens with one attached hydrogen (secondary N) is 1. The van der Waals surface area contributed by atoms with Crippen LogP contribution >= 0.6 is 0 Å². The third-order valence-electron chi connectivity index (χ3n) is 5.31. The molecule has 0 spiro atoms. The van der Waals surface area contributed by atoms with Crippen LogP contribution in [0.15, 0.2) is 71.3 Å². The summed E-state index contributed by atoms with van der Waals surface area (Å²) in [5, 5.41) is 17.5. The van der Waals surface area contributed by atoms with Crippen LogP contribution in [0.2, 0.25) is 0 Å². The van der Waals surface area contributed by atoms with E-state index in [9.17, 15) is 23.1 Å². The molecular weight excluding hydrogens is 484 g/mol. The Morgan fingerprint density at radius 1 is 1.03 bits per heavy atom. The summed E-state index contributed by atoms with van der Waals surface area (Å²) < 4.78 is 35.8. The van der Waals surface area contributed by atoms with Gasteiger partial charge in [0.2, 0.25) is 0 Å². The number of hydrogen-bond acceptors (Lipinski definition) is 7. The highest BCUT2D eigenvalue weighted by molar-refractivity contribution is 7.92. The fourth-order valence-electron chi connectivity index (χ4n) is 3.56. The second-order valence-corrected chi connectivity index (χ2v) is 9.95. The minimum Gasteiger partial charge on any atom is -0.468 e. The average molecular weight is 513 g/mol. The molecule has 3 rings (SSSR count). The van der Waals surface area contributed by atoms with Gasteiger partial charge in [-0.05, 0) is 66.8 Å². The zero-order chi connectivity index (χ0) is 26.1. The lowest BCUT2D eigenvalue weighted by Gasteiger charge is -2.19. The SMILES string of the molecule is CCCC(=N)c1ccc(CCCC(=O)Oc2ccc(N(C(=O)O)S(=O)(=O)Cc3ccco3)cc2)cc1. The molecule has 0 aliphatic rings. The number of benzene rings is 2. The van der Waals surface area contributed by atoms with Crippen LogP contribution in [-0.2, 0) is 27.0 Å². The van der Waals surface area contributed by atoms with E-state index in [2.05, 4.69) is 0 Å². The maximum absolute atomic E-state index is 12.6. The third-order valence-corrected chi connectivity index (χ3v) is 6.88. The van der Waals surface area contributed by atoms with Crippen molar-refractivity contribution in [1.82, 2.24) is 0 Å². The summed E-state index contributed by atoms with van der Waals surface area (Å²) in [6.07, 6.45) is 2.72. The number of esters is 1. The summed E-state index contributed by atoms with van der Waals surface area (Å²) in [5.74, 6) is -0.785. The summed E-state index contributed by atoms with van der Waals surface area (Å²) in [4.78, 5) is 23.9. The second kappa shape index (κ2) is 12.2. The Labute approximate surface area is 209 Å². The number of ether oxygens (including phenoxy) is 1. The smallest absolute Gasteiger partial charge is 0.425 e. The van der Waals surface area contributed by atoms with Crippen molar-refractivity contribution in [2.75, 3.05) is 4.31 Å². The lowest BCUT2D eigenvalue weighted by atomic mass is 10.0. The molecule has 0 bridgehead atoms. The number of nitrogens with zero attached hydrogens (tertiary/aromatic N) is 1. The van der Waals surface area contributed by atoms with Gasteiger partial charge in [0.15, 0.2) is 0 Å². The monoisotopic (exact) mass is 512 g/mol. The first kappa shape index (κ1) is 26.7. The number of rotatable bonds is 12. The molecule has 2 N–H and O–H groups in total. The highest BCUT2D eigenvalue weighted by Gasteiger charge is 2.30. The molecule has 0 saturated carbocycles. The van der Waals surface area contributed by atoms with Gasteiger partial charge in [-0.2, -0.15) is 4.31 Å². The summed E-state index contributed by atoms with van der Waals surface area (Å²) in [6, 6.07) is 15.9. The van der Waals surface area contributed by atoms with Gasteiger partial charge in [0.25, 0.3) is 10.0 Å². The average Bonchev–Trinajstić information content (AvgIpc) is 3.33. The van der Waals surface area contributed by atoms with Crippen molar-refractivity contribution < 1.29 is 32.3 Å². The van der Waals surface area contributed by atoms with Crippen molar-refractivity contribution in [2.24, 2.45) is 0 Å². The molecule has 0 atom stereocenters. The van der Waals surface area contributed by atoms with E-state index in [1.807, 2.05) is 31.2 Å². The van der Waals surface area contributed by atoms with E-state index in [0.717, 1.165) is 24.0 Å². The van der Waals surface area contributed by atoms with Crippen molar-refractivity contribution in [3.8, 4) is 5.75 Å². The van der Waals surface area contributed by atoms with E-state index in [4.69, 9.17) is 14.6 Å². The zero-order valence-electron chi connectivity index (χ0n) is 19.8. The van der Waals surface area contributed by atoms with Crippen molar-refractivity contribution in [3.05, 3.63) is 83.8 Å². The van der Waals surface area contributed by atoms with Gasteiger partial charge in [-0.25, -0.2) is 13.2 Å². The lowest BCUT2D eigenvalue weighted by molar-refractivity contribution is -0.134. The first-order valence-electron chi connectivity index (χ1n) is 11.5. The molecule has 1 aromatic heterocycles. The molecule has 0 radical (unpaired) electrons. The standard InChI is InChI=1S/C26H28N2O7S/c1-2-5-24(27)20-11-9-19(10-12-20)6-3-8-25(29)35-22-15-13-21(14-16-22)28(26(30)31)36(32,33)18-23-7-4-17-34-23/h4,7,9-17,27H,2-3,5-6,8,18H2,1H3,(H,30,31). The number of amides is 1. The Bertz CT molecular complexity index is 1280. The molecule has 0 aliphatic carbocycles. The van der Waals surface area contributed by atoms with Crippen LogP contribution in [-0.4, -0.2) is 31.3 Å². The van der Waals surface area contributed by atoms with Gasteiger partial charge in [0.05, 0.1) is 12.0 Å². The molecule has 36 heavy (non-hydrogen) atoms. The van der Waals surface area contributed by atoms with E-state index < -0.39 is 27.8 Å². The highest BCUT2D eigenvalue weighted by Crippen LogP contribution is 2.24. The first-order chi connectivity index (χ1) is 17.2. The Morgan fingerprint density at radius 2 is 1.72 bits per heavy atom. The number of aryl methyl sites for hydroxylation is 1. The predicted octanol–water partition coefficient (Wildman–Crippen LogP) is 5.39. The van der Waals surface area contributed by atoms with Gasteiger partial charge in [-0.3, -0.25) is 4.79 Å². The highest BCUT2D eigenvalue weighted by atomic mass is 32.2. The molecule has 1 amide bonds. The number of sulfonamides is 1. The molecule has 190 valence electrons. The first-order valence-corrected chi connectivity index (χ1v) is 13.1. The second-order valence-electron chi connectivity index (χ2n) is 8.13. The van der Waals surface area contributed by atoms with E-state index in [1.165, 1.54) is 42.7 Å². The van der Waals surface area contributed by atoms with E-state index >= 15 is 0 Å². The van der Waals surface area contributed by atoms with Crippen LogP contribution in [0, 0.1) is 5.41 Å². The maximum Gasteiger partial charge on any atom is 0.425 e. The molecule has 10 heteroatoms. The number of carbonyl (C=O) groups is 2. The molecular formula is C26H28N2O7S. The molecule has 1 heterocycles. The molecule has 0 aliphatic heterocycles. The van der Waals surface area contributed by atoms with E-state index in [1.54, 1.807) is 0 Å². The number of hydrogen-bond donors (Lipinski definition) is 2. The maximum atomic E-state index is 12.6. The Hall–Kier alpha value is -3.92. The van der Waals surface area contributed by atoms with Gasteiger partial charge in [-0.1, -0.05) is 37.6 Å². The Morgan fingerprint density at radius 3 is 2.31 bits per heavy atom. The van der Waals surface area contributed by atoms with Crippen LogP contribution in [0.4, 0.5) is 10.5 Å². The number of furan rings is 1. The van der Waals surface area contributed by atoms with Crippen LogP contribution in [0.1, 0.15) is 49.5 Å². The van der Waals surface area contributed by atoms with Crippen LogP contribution in [0.25, 0.3) is 0 Å². The molecule has 2 aromatic carbocycles. The van der Waals surface area contributed by atoms with Crippen molar-refractivity contribution >= 4 is 33.5 Å². The summed E-state index contributed by atoms with van der Waals surface area (Å²) in [5.41, 5.74) is 2.47. The fourth-order valence-corrected chi connectivity index (χ4v) is 4.90. The van der Waals surface area contributed by atoms with Gasteiger partial charge in [0.1, 0.15) is 17.3 Å². The summed E-state index contributed by atoms with van der Waals surface area (Å²) >= 11 is 0. The largest absolute Gasteiger partial charge is 0.468 e. The number of carboxylic acid groups (broad SMARTS) is 1. The van der Waals surface area contributed by atoms with Crippen LogP contribution in [0.3, 0.4) is 0 Å². The Kier molecular flexibility index (Phi) is 9.02. The lowest BCUT2D eigenvalue weighted by Crippen LogP contribution is -2.36. The Balaban J connectivity index is 1.53. The van der Waals surface area contributed by atoms with Crippen LogP contribution < -0.4 is 9.04 Å². The minimum atomic E-state index is -4.26. The normalized spacial score (nSPS) is 11.1. The molecule has 0 fully saturated rings.